The molecule has 5 heteroatoms. The molecule has 5 nitrogen and oxygen atoms in total. The third-order valence-corrected chi connectivity index (χ3v) is 4.14. The van der Waals surface area contributed by atoms with Crippen LogP contribution in [0, 0.1) is 13.8 Å². The van der Waals surface area contributed by atoms with Crippen LogP contribution in [0.2, 0.25) is 0 Å². The number of benzene rings is 3. The van der Waals surface area contributed by atoms with Gasteiger partial charge >= 0.3 is 0 Å². The molecule has 0 spiro atoms. The summed E-state index contributed by atoms with van der Waals surface area (Å²) < 4.78 is 5.60. The quantitative estimate of drug-likeness (QED) is 0.664. The van der Waals surface area contributed by atoms with Crippen molar-refractivity contribution in [3.8, 4) is 5.75 Å². The largest absolute Gasteiger partial charge is 0.483 e. The molecular formula is C23H22N2O3. The van der Waals surface area contributed by atoms with Crippen molar-refractivity contribution in [2.75, 3.05) is 17.2 Å². The van der Waals surface area contributed by atoms with Gasteiger partial charge in [-0.25, -0.2) is 0 Å². The zero-order valence-electron chi connectivity index (χ0n) is 15.9. The molecule has 0 saturated heterocycles. The Morgan fingerprint density at radius 3 is 1.89 bits per heavy atom. The standard InChI is InChI=1S/C23H22N2O3/c1-16-7-11-18(12-8-16)24-22(26)15-28-21-6-4-3-5-20(21)23(27)25-19-13-9-17(2)10-14-19/h3-14H,15H2,1-2H3,(H,24,26)(H,25,27). The Morgan fingerprint density at radius 1 is 0.750 bits per heavy atom. The first kappa shape index (κ1) is 19.2. The van der Waals surface area contributed by atoms with E-state index in [1.54, 1.807) is 24.3 Å². The highest BCUT2D eigenvalue weighted by atomic mass is 16.5. The van der Waals surface area contributed by atoms with Crippen LogP contribution in [-0.2, 0) is 4.79 Å². The molecule has 2 amide bonds. The zero-order chi connectivity index (χ0) is 19.9. The molecule has 0 aliphatic heterocycles. The van der Waals surface area contributed by atoms with Crippen LogP contribution in [0.15, 0.2) is 72.8 Å². The van der Waals surface area contributed by atoms with Crippen molar-refractivity contribution in [2.24, 2.45) is 0 Å². The van der Waals surface area contributed by atoms with Gasteiger partial charge in [0.2, 0.25) is 0 Å². The Labute approximate surface area is 164 Å². The summed E-state index contributed by atoms with van der Waals surface area (Å²) in [6, 6.07) is 21.9. The van der Waals surface area contributed by atoms with Crippen LogP contribution in [0.4, 0.5) is 11.4 Å². The maximum absolute atomic E-state index is 12.6. The number of rotatable bonds is 6. The molecule has 3 aromatic rings. The fourth-order valence-corrected chi connectivity index (χ4v) is 2.59. The molecule has 0 heterocycles. The van der Waals surface area contributed by atoms with Crippen molar-refractivity contribution in [3.05, 3.63) is 89.5 Å². The van der Waals surface area contributed by atoms with Crippen LogP contribution >= 0.6 is 0 Å². The molecule has 0 bridgehead atoms. The van der Waals surface area contributed by atoms with Crippen molar-refractivity contribution < 1.29 is 14.3 Å². The van der Waals surface area contributed by atoms with Gasteiger partial charge in [0.1, 0.15) is 5.75 Å². The highest BCUT2D eigenvalue weighted by Crippen LogP contribution is 2.20. The fraction of sp³-hybridized carbons (Fsp3) is 0.130. The summed E-state index contributed by atoms with van der Waals surface area (Å²) in [5.74, 6) is -0.234. The molecule has 0 unspecified atom stereocenters. The van der Waals surface area contributed by atoms with E-state index in [0.717, 1.165) is 11.1 Å². The second kappa shape index (κ2) is 8.86. The van der Waals surface area contributed by atoms with E-state index in [4.69, 9.17) is 4.74 Å². The summed E-state index contributed by atoms with van der Waals surface area (Å²) in [5.41, 5.74) is 3.99. The summed E-state index contributed by atoms with van der Waals surface area (Å²) >= 11 is 0. The topological polar surface area (TPSA) is 67.4 Å². The van der Waals surface area contributed by atoms with Crippen LogP contribution in [0.25, 0.3) is 0 Å². The minimum Gasteiger partial charge on any atom is -0.483 e. The molecule has 0 saturated carbocycles. The summed E-state index contributed by atoms with van der Waals surface area (Å²) in [4.78, 5) is 24.7. The van der Waals surface area contributed by atoms with Crippen molar-refractivity contribution in [1.29, 1.82) is 0 Å². The number of carbonyl (C=O) groups is 2. The first-order chi connectivity index (χ1) is 13.5. The van der Waals surface area contributed by atoms with E-state index in [-0.39, 0.29) is 18.4 Å². The molecule has 0 radical (unpaired) electrons. The van der Waals surface area contributed by atoms with E-state index < -0.39 is 0 Å². The predicted molar refractivity (Wildman–Crippen MR) is 111 cm³/mol. The molecule has 28 heavy (non-hydrogen) atoms. The Balaban J connectivity index is 1.63. The van der Waals surface area contributed by atoms with E-state index in [1.165, 1.54) is 0 Å². The van der Waals surface area contributed by atoms with Gasteiger partial charge in [-0.3, -0.25) is 9.59 Å². The van der Waals surface area contributed by atoms with Gasteiger partial charge in [-0.05, 0) is 50.2 Å². The molecule has 3 aromatic carbocycles. The lowest BCUT2D eigenvalue weighted by molar-refractivity contribution is -0.118. The number of ether oxygens (including phenoxy) is 1. The first-order valence-corrected chi connectivity index (χ1v) is 8.97. The van der Waals surface area contributed by atoms with Gasteiger partial charge in [-0.1, -0.05) is 47.5 Å². The predicted octanol–water partition coefficient (Wildman–Crippen LogP) is 4.57. The Hall–Kier alpha value is -3.60. The van der Waals surface area contributed by atoms with Crippen molar-refractivity contribution in [1.82, 2.24) is 0 Å². The van der Waals surface area contributed by atoms with Gasteiger partial charge < -0.3 is 15.4 Å². The summed E-state index contributed by atoms with van der Waals surface area (Å²) in [6.45, 7) is 3.77. The molecule has 0 aliphatic rings. The van der Waals surface area contributed by atoms with Gasteiger partial charge in [-0.2, -0.15) is 0 Å². The molecule has 0 atom stereocenters. The highest BCUT2D eigenvalue weighted by Gasteiger charge is 2.13. The summed E-state index contributed by atoms with van der Waals surface area (Å²) in [5, 5.41) is 5.61. The van der Waals surface area contributed by atoms with Gasteiger partial charge in [0.05, 0.1) is 5.56 Å². The lowest BCUT2D eigenvalue weighted by Crippen LogP contribution is -2.21. The summed E-state index contributed by atoms with van der Waals surface area (Å²) in [6.07, 6.45) is 0. The third-order valence-electron chi connectivity index (χ3n) is 4.14. The van der Waals surface area contributed by atoms with E-state index in [1.807, 2.05) is 62.4 Å². The number of nitrogens with one attached hydrogen (secondary N) is 2. The third kappa shape index (κ3) is 5.20. The second-order valence-corrected chi connectivity index (χ2v) is 6.52. The van der Waals surface area contributed by atoms with Crippen LogP contribution < -0.4 is 15.4 Å². The molecule has 0 aromatic heterocycles. The van der Waals surface area contributed by atoms with E-state index in [2.05, 4.69) is 10.6 Å². The van der Waals surface area contributed by atoms with Crippen molar-refractivity contribution in [2.45, 2.75) is 13.8 Å². The molecule has 2 N–H and O–H groups in total. The number of hydrogen-bond donors (Lipinski definition) is 2. The van der Waals surface area contributed by atoms with E-state index in [0.29, 0.717) is 22.7 Å². The molecule has 3 rings (SSSR count). The van der Waals surface area contributed by atoms with Crippen LogP contribution in [-0.4, -0.2) is 18.4 Å². The van der Waals surface area contributed by atoms with Crippen LogP contribution in [0.3, 0.4) is 0 Å². The number of anilines is 2. The number of hydrogen-bond acceptors (Lipinski definition) is 3. The normalized spacial score (nSPS) is 10.2. The van der Waals surface area contributed by atoms with Crippen LogP contribution in [0.1, 0.15) is 21.5 Å². The Morgan fingerprint density at radius 2 is 1.29 bits per heavy atom. The lowest BCUT2D eigenvalue weighted by Gasteiger charge is -2.12. The van der Waals surface area contributed by atoms with E-state index >= 15 is 0 Å². The number of amides is 2. The minimum atomic E-state index is -0.294. The van der Waals surface area contributed by atoms with Gasteiger partial charge in [0, 0.05) is 11.4 Å². The number of para-hydroxylation sites is 1. The van der Waals surface area contributed by atoms with Gasteiger partial charge in [0.15, 0.2) is 6.61 Å². The van der Waals surface area contributed by atoms with Crippen molar-refractivity contribution >= 4 is 23.2 Å². The molecule has 0 fully saturated rings. The van der Waals surface area contributed by atoms with Gasteiger partial charge in [-0.15, -0.1) is 0 Å². The SMILES string of the molecule is Cc1ccc(NC(=O)COc2ccccc2C(=O)Nc2ccc(C)cc2)cc1. The Bertz CT molecular complexity index is 964. The second-order valence-electron chi connectivity index (χ2n) is 6.52. The lowest BCUT2D eigenvalue weighted by atomic mass is 10.1. The van der Waals surface area contributed by atoms with Gasteiger partial charge in [0.25, 0.3) is 11.8 Å². The fourth-order valence-electron chi connectivity index (χ4n) is 2.59. The minimum absolute atomic E-state index is 0.192. The van der Waals surface area contributed by atoms with Crippen molar-refractivity contribution in [3.63, 3.8) is 0 Å². The zero-order valence-corrected chi connectivity index (χ0v) is 15.9. The monoisotopic (exact) mass is 374 g/mol. The van der Waals surface area contributed by atoms with Crippen LogP contribution in [0.5, 0.6) is 5.75 Å². The average molecular weight is 374 g/mol. The smallest absolute Gasteiger partial charge is 0.262 e. The molecule has 0 aliphatic carbocycles. The maximum Gasteiger partial charge on any atom is 0.262 e. The number of carbonyl (C=O) groups excluding carboxylic acids is 2. The Kier molecular flexibility index (Phi) is 6.07. The highest BCUT2D eigenvalue weighted by molar-refractivity contribution is 6.06. The summed E-state index contributed by atoms with van der Waals surface area (Å²) in [7, 11) is 0. The number of aryl methyl sites for hydroxylation is 2. The first-order valence-electron chi connectivity index (χ1n) is 8.97. The molecular weight excluding hydrogens is 352 g/mol. The maximum atomic E-state index is 12.6. The molecule has 142 valence electrons. The van der Waals surface area contributed by atoms with E-state index in [9.17, 15) is 9.59 Å². The average Bonchev–Trinajstić information content (AvgIpc) is 2.70.